The first-order chi connectivity index (χ1) is 8.74. The zero-order chi connectivity index (χ0) is 13.2. The van der Waals surface area contributed by atoms with E-state index in [2.05, 4.69) is 20.6 Å². The Morgan fingerprint density at radius 3 is 3.06 bits per heavy atom. The van der Waals surface area contributed by atoms with E-state index in [0.717, 1.165) is 12.1 Å². The number of rotatable bonds is 8. The van der Waals surface area contributed by atoms with E-state index in [1.54, 1.807) is 13.3 Å². The maximum Gasteiger partial charge on any atom is 0.236 e. The van der Waals surface area contributed by atoms with Crippen LogP contribution in [0.2, 0.25) is 0 Å². The number of amides is 1. The normalized spacial score (nSPS) is 12.1. The summed E-state index contributed by atoms with van der Waals surface area (Å²) in [6.45, 7) is 3.66. The second kappa shape index (κ2) is 8.54. The van der Waals surface area contributed by atoms with Crippen molar-refractivity contribution in [2.24, 2.45) is 0 Å². The molecule has 0 radical (unpaired) electrons. The van der Waals surface area contributed by atoms with E-state index in [0.29, 0.717) is 19.7 Å². The van der Waals surface area contributed by atoms with E-state index in [4.69, 9.17) is 4.74 Å². The SMILES string of the molecule is COCCCNC(=O)C(C)NCc1ccncn1. The number of hydrogen-bond acceptors (Lipinski definition) is 5. The van der Waals surface area contributed by atoms with E-state index < -0.39 is 0 Å². The molecule has 0 aliphatic heterocycles. The zero-order valence-electron chi connectivity index (χ0n) is 10.8. The Bertz CT molecular complexity index is 345. The van der Waals surface area contributed by atoms with E-state index in [1.165, 1.54) is 6.33 Å². The molecule has 100 valence electrons. The molecule has 0 saturated heterocycles. The molecule has 0 saturated carbocycles. The fourth-order valence-corrected chi connectivity index (χ4v) is 1.35. The lowest BCUT2D eigenvalue weighted by atomic mass is 10.3. The number of nitrogens with zero attached hydrogens (tertiary/aromatic N) is 2. The summed E-state index contributed by atoms with van der Waals surface area (Å²) >= 11 is 0. The van der Waals surface area contributed by atoms with Crippen molar-refractivity contribution in [2.45, 2.75) is 25.9 Å². The summed E-state index contributed by atoms with van der Waals surface area (Å²) in [4.78, 5) is 19.6. The van der Waals surface area contributed by atoms with E-state index in [1.807, 2.05) is 13.0 Å². The van der Waals surface area contributed by atoms with Crippen LogP contribution in [-0.4, -0.2) is 42.2 Å². The lowest BCUT2D eigenvalue weighted by molar-refractivity contribution is -0.122. The van der Waals surface area contributed by atoms with Gasteiger partial charge in [0.2, 0.25) is 5.91 Å². The van der Waals surface area contributed by atoms with Crippen LogP contribution in [-0.2, 0) is 16.1 Å². The summed E-state index contributed by atoms with van der Waals surface area (Å²) in [6.07, 6.45) is 3.99. The van der Waals surface area contributed by atoms with Gasteiger partial charge in [0.15, 0.2) is 0 Å². The molecule has 6 heteroatoms. The van der Waals surface area contributed by atoms with Crippen LogP contribution in [0.5, 0.6) is 0 Å². The minimum Gasteiger partial charge on any atom is -0.385 e. The molecule has 6 nitrogen and oxygen atoms in total. The minimum absolute atomic E-state index is 0.0137. The van der Waals surface area contributed by atoms with Crippen molar-refractivity contribution in [1.82, 2.24) is 20.6 Å². The summed E-state index contributed by atoms with van der Waals surface area (Å²) in [6, 6.07) is 1.57. The average Bonchev–Trinajstić information content (AvgIpc) is 2.42. The summed E-state index contributed by atoms with van der Waals surface area (Å²) in [7, 11) is 1.65. The van der Waals surface area contributed by atoms with Crippen molar-refractivity contribution in [3.8, 4) is 0 Å². The second-order valence-corrected chi connectivity index (χ2v) is 3.94. The summed E-state index contributed by atoms with van der Waals surface area (Å²) in [5.41, 5.74) is 0.865. The summed E-state index contributed by atoms with van der Waals surface area (Å²) < 4.78 is 4.91. The number of methoxy groups -OCH3 is 1. The van der Waals surface area contributed by atoms with Gasteiger partial charge in [0.05, 0.1) is 11.7 Å². The van der Waals surface area contributed by atoms with Crippen LogP contribution in [0.25, 0.3) is 0 Å². The Balaban J connectivity index is 2.19. The van der Waals surface area contributed by atoms with E-state index in [-0.39, 0.29) is 11.9 Å². The monoisotopic (exact) mass is 252 g/mol. The number of hydrogen-bond donors (Lipinski definition) is 2. The quantitative estimate of drug-likeness (QED) is 0.642. The molecule has 0 aromatic carbocycles. The van der Waals surface area contributed by atoms with Crippen molar-refractivity contribution < 1.29 is 9.53 Å². The van der Waals surface area contributed by atoms with Gasteiger partial charge in [-0.25, -0.2) is 9.97 Å². The van der Waals surface area contributed by atoms with Crippen LogP contribution < -0.4 is 10.6 Å². The van der Waals surface area contributed by atoms with Gasteiger partial charge in [-0.3, -0.25) is 4.79 Å². The van der Waals surface area contributed by atoms with Gasteiger partial charge in [-0.1, -0.05) is 0 Å². The standard InChI is InChI=1S/C12H20N4O2/c1-10(12(17)14-5-3-7-18-2)15-8-11-4-6-13-9-16-11/h4,6,9-10,15H,3,5,7-8H2,1-2H3,(H,14,17). The first-order valence-electron chi connectivity index (χ1n) is 5.99. The summed E-state index contributed by atoms with van der Waals surface area (Å²) in [5, 5.41) is 5.95. The molecule has 0 aliphatic carbocycles. The number of carbonyl (C=O) groups is 1. The predicted octanol–water partition coefficient (Wildman–Crippen LogP) is 0.107. The maximum absolute atomic E-state index is 11.7. The van der Waals surface area contributed by atoms with Gasteiger partial charge in [0.1, 0.15) is 6.33 Å². The maximum atomic E-state index is 11.7. The molecule has 1 unspecified atom stereocenters. The highest BCUT2D eigenvalue weighted by Crippen LogP contribution is 1.92. The van der Waals surface area contributed by atoms with Gasteiger partial charge in [-0.05, 0) is 19.4 Å². The lowest BCUT2D eigenvalue weighted by Crippen LogP contribution is -2.42. The highest BCUT2D eigenvalue weighted by molar-refractivity contribution is 5.81. The third-order valence-corrected chi connectivity index (χ3v) is 2.45. The Morgan fingerprint density at radius 1 is 1.56 bits per heavy atom. The third-order valence-electron chi connectivity index (χ3n) is 2.45. The van der Waals surface area contributed by atoms with Crippen molar-refractivity contribution in [3.63, 3.8) is 0 Å². The van der Waals surface area contributed by atoms with Gasteiger partial charge >= 0.3 is 0 Å². The smallest absolute Gasteiger partial charge is 0.236 e. The summed E-state index contributed by atoms with van der Waals surface area (Å²) in [5.74, 6) is -0.0137. The van der Waals surface area contributed by atoms with Crippen LogP contribution >= 0.6 is 0 Å². The molecular formula is C12H20N4O2. The molecule has 1 aromatic rings. The highest BCUT2D eigenvalue weighted by Gasteiger charge is 2.11. The third kappa shape index (κ3) is 5.70. The topological polar surface area (TPSA) is 76.1 Å². The molecule has 0 spiro atoms. The van der Waals surface area contributed by atoms with Crippen molar-refractivity contribution >= 4 is 5.91 Å². The first-order valence-corrected chi connectivity index (χ1v) is 5.99. The average molecular weight is 252 g/mol. The Labute approximate surface area is 107 Å². The highest BCUT2D eigenvalue weighted by atomic mass is 16.5. The van der Waals surface area contributed by atoms with Crippen LogP contribution in [0.4, 0.5) is 0 Å². The van der Waals surface area contributed by atoms with Crippen LogP contribution in [0.15, 0.2) is 18.6 Å². The van der Waals surface area contributed by atoms with Gasteiger partial charge in [0, 0.05) is 33.0 Å². The van der Waals surface area contributed by atoms with Crippen LogP contribution in [0, 0.1) is 0 Å². The molecule has 1 atom stereocenters. The van der Waals surface area contributed by atoms with Crippen molar-refractivity contribution in [3.05, 3.63) is 24.3 Å². The molecule has 18 heavy (non-hydrogen) atoms. The molecule has 1 aromatic heterocycles. The lowest BCUT2D eigenvalue weighted by Gasteiger charge is -2.13. The second-order valence-electron chi connectivity index (χ2n) is 3.94. The van der Waals surface area contributed by atoms with E-state index in [9.17, 15) is 4.79 Å². The number of nitrogens with one attached hydrogen (secondary N) is 2. The van der Waals surface area contributed by atoms with Crippen LogP contribution in [0.1, 0.15) is 19.0 Å². The van der Waals surface area contributed by atoms with Gasteiger partial charge in [-0.2, -0.15) is 0 Å². The van der Waals surface area contributed by atoms with Crippen LogP contribution in [0.3, 0.4) is 0 Å². The van der Waals surface area contributed by atoms with Gasteiger partial charge in [0.25, 0.3) is 0 Å². The number of ether oxygens (including phenoxy) is 1. The fraction of sp³-hybridized carbons (Fsp3) is 0.583. The molecule has 0 aliphatic rings. The molecule has 0 bridgehead atoms. The Kier molecular flexibility index (Phi) is 6.90. The predicted molar refractivity (Wildman–Crippen MR) is 67.8 cm³/mol. The minimum atomic E-state index is -0.248. The molecular weight excluding hydrogens is 232 g/mol. The number of aromatic nitrogens is 2. The largest absolute Gasteiger partial charge is 0.385 e. The molecule has 2 N–H and O–H groups in total. The Morgan fingerprint density at radius 2 is 2.39 bits per heavy atom. The first kappa shape index (κ1) is 14.5. The van der Waals surface area contributed by atoms with Gasteiger partial charge in [-0.15, -0.1) is 0 Å². The molecule has 0 fully saturated rings. The fourth-order valence-electron chi connectivity index (χ4n) is 1.35. The van der Waals surface area contributed by atoms with E-state index >= 15 is 0 Å². The Hall–Kier alpha value is -1.53. The van der Waals surface area contributed by atoms with Gasteiger partial charge < -0.3 is 15.4 Å². The molecule has 1 rings (SSSR count). The molecule has 1 amide bonds. The number of carbonyl (C=O) groups excluding carboxylic acids is 1. The molecule has 1 heterocycles. The zero-order valence-corrected chi connectivity index (χ0v) is 10.8. The van der Waals surface area contributed by atoms with Crippen molar-refractivity contribution in [1.29, 1.82) is 0 Å². The van der Waals surface area contributed by atoms with Crippen molar-refractivity contribution in [2.75, 3.05) is 20.3 Å².